The van der Waals surface area contributed by atoms with Crippen molar-refractivity contribution in [3.8, 4) is 5.75 Å². The van der Waals surface area contributed by atoms with Gasteiger partial charge >= 0.3 is 12.0 Å². The molecule has 1 aliphatic heterocycles. The summed E-state index contributed by atoms with van der Waals surface area (Å²) in [6.07, 6.45) is 0.690. The van der Waals surface area contributed by atoms with Crippen molar-refractivity contribution in [2.45, 2.75) is 25.8 Å². The minimum absolute atomic E-state index is 0.0791. The number of carbonyl (C=O) groups excluding carboxylic acids is 2. The first-order valence-electron chi connectivity index (χ1n) is 11.0. The van der Waals surface area contributed by atoms with Gasteiger partial charge in [0.25, 0.3) is 0 Å². The fraction of sp³-hybridized carbons (Fsp3) is 0.360. The van der Waals surface area contributed by atoms with E-state index in [9.17, 15) is 19.5 Å². The molecule has 0 saturated heterocycles. The molecule has 0 saturated carbocycles. The fourth-order valence-electron chi connectivity index (χ4n) is 3.99. The van der Waals surface area contributed by atoms with Crippen molar-refractivity contribution in [1.82, 2.24) is 9.80 Å². The Morgan fingerprint density at radius 2 is 1.91 bits per heavy atom. The average molecular weight is 486 g/mol. The van der Waals surface area contributed by atoms with Crippen LogP contribution < -0.4 is 4.74 Å². The molecule has 34 heavy (non-hydrogen) atoms. The standard InChI is InChI=1S/C25H28ClN3O5/c1-17-22(24(31)32)23(18-8-6-9-19(26)16-18)29(25(33)27-17)14-7-13-28(2)21(30)12-15-34-20-10-4-3-5-11-20/h3-6,8-11,16,22-23H,7,12-15H2,1-2H3,(H,31,32). The Balaban J connectivity index is 1.61. The topological polar surface area (TPSA) is 99.5 Å². The van der Waals surface area contributed by atoms with Crippen molar-refractivity contribution >= 4 is 35.2 Å². The number of halogens is 1. The van der Waals surface area contributed by atoms with Crippen LogP contribution in [0.15, 0.2) is 59.6 Å². The number of nitrogens with zero attached hydrogens (tertiary/aromatic N) is 3. The van der Waals surface area contributed by atoms with Crippen LogP contribution in [0.4, 0.5) is 4.79 Å². The lowest BCUT2D eigenvalue weighted by molar-refractivity contribution is -0.141. The molecule has 8 nitrogen and oxygen atoms in total. The van der Waals surface area contributed by atoms with Gasteiger partial charge in [0.1, 0.15) is 11.7 Å². The zero-order valence-corrected chi connectivity index (χ0v) is 19.9. The number of hydrogen-bond donors (Lipinski definition) is 1. The Hall–Kier alpha value is -3.39. The van der Waals surface area contributed by atoms with Gasteiger partial charge in [-0.2, -0.15) is 0 Å². The summed E-state index contributed by atoms with van der Waals surface area (Å²) in [4.78, 5) is 44.2. The van der Waals surface area contributed by atoms with Crippen LogP contribution >= 0.6 is 11.6 Å². The summed E-state index contributed by atoms with van der Waals surface area (Å²) in [5.41, 5.74) is 0.884. The summed E-state index contributed by atoms with van der Waals surface area (Å²) < 4.78 is 5.58. The minimum Gasteiger partial charge on any atom is -0.493 e. The van der Waals surface area contributed by atoms with Crippen LogP contribution in [0, 0.1) is 5.92 Å². The zero-order valence-electron chi connectivity index (χ0n) is 19.2. The van der Waals surface area contributed by atoms with Gasteiger partial charge in [0.2, 0.25) is 5.91 Å². The molecule has 0 radical (unpaired) electrons. The van der Waals surface area contributed by atoms with Gasteiger partial charge in [-0.05, 0) is 43.2 Å². The molecular weight excluding hydrogens is 458 g/mol. The van der Waals surface area contributed by atoms with Crippen molar-refractivity contribution in [1.29, 1.82) is 0 Å². The molecule has 180 valence electrons. The van der Waals surface area contributed by atoms with E-state index >= 15 is 0 Å². The highest BCUT2D eigenvalue weighted by Crippen LogP contribution is 2.35. The number of benzene rings is 2. The normalized spacial score (nSPS) is 17.8. The van der Waals surface area contributed by atoms with Gasteiger partial charge in [-0.3, -0.25) is 9.59 Å². The maximum absolute atomic E-state index is 12.7. The molecule has 1 N–H and O–H groups in total. The summed E-state index contributed by atoms with van der Waals surface area (Å²) >= 11 is 6.14. The quantitative estimate of drug-likeness (QED) is 0.541. The first-order chi connectivity index (χ1) is 16.3. The Bertz CT molecular complexity index is 1060. The van der Waals surface area contributed by atoms with E-state index in [1.54, 1.807) is 43.1 Å². The van der Waals surface area contributed by atoms with Gasteiger partial charge < -0.3 is 19.6 Å². The number of rotatable bonds is 10. The molecule has 2 aromatic rings. The molecule has 0 spiro atoms. The van der Waals surface area contributed by atoms with E-state index in [1.165, 1.54) is 4.90 Å². The molecule has 2 unspecified atom stereocenters. The van der Waals surface area contributed by atoms with E-state index in [1.807, 2.05) is 30.3 Å². The van der Waals surface area contributed by atoms with Gasteiger partial charge in [-0.15, -0.1) is 0 Å². The average Bonchev–Trinajstić information content (AvgIpc) is 2.80. The number of urea groups is 1. The van der Waals surface area contributed by atoms with Gasteiger partial charge in [-0.1, -0.05) is 41.9 Å². The van der Waals surface area contributed by atoms with Gasteiger partial charge in [0, 0.05) is 30.9 Å². The second-order valence-corrected chi connectivity index (χ2v) is 8.56. The summed E-state index contributed by atoms with van der Waals surface area (Å²) in [7, 11) is 1.69. The van der Waals surface area contributed by atoms with E-state index in [2.05, 4.69) is 4.99 Å². The third-order valence-electron chi connectivity index (χ3n) is 5.72. The Morgan fingerprint density at radius 3 is 2.59 bits per heavy atom. The Labute approximate surface area is 203 Å². The fourth-order valence-corrected chi connectivity index (χ4v) is 4.19. The molecule has 0 aliphatic carbocycles. The van der Waals surface area contributed by atoms with Crippen LogP contribution in [-0.4, -0.2) is 65.3 Å². The number of amides is 3. The predicted molar refractivity (Wildman–Crippen MR) is 129 cm³/mol. The monoisotopic (exact) mass is 485 g/mol. The maximum atomic E-state index is 12.7. The first kappa shape index (κ1) is 25.2. The number of para-hydroxylation sites is 1. The summed E-state index contributed by atoms with van der Waals surface area (Å²) in [6, 6.07) is 14.9. The van der Waals surface area contributed by atoms with E-state index in [4.69, 9.17) is 16.3 Å². The Kier molecular flexibility index (Phi) is 8.65. The molecule has 0 aromatic heterocycles. The van der Waals surface area contributed by atoms with Crippen LogP contribution in [0.3, 0.4) is 0 Å². The summed E-state index contributed by atoms with van der Waals surface area (Å²) in [6.45, 7) is 2.46. The molecule has 1 heterocycles. The lowest BCUT2D eigenvalue weighted by atomic mass is 9.87. The smallest absolute Gasteiger partial charge is 0.344 e. The van der Waals surface area contributed by atoms with E-state index < -0.39 is 24.0 Å². The highest BCUT2D eigenvalue weighted by molar-refractivity contribution is 6.30. The number of aliphatic carboxylic acids is 1. The molecule has 0 bridgehead atoms. The molecule has 2 atom stereocenters. The van der Waals surface area contributed by atoms with Crippen molar-refractivity contribution in [2.75, 3.05) is 26.7 Å². The number of ether oxygens (including phenoxy) is 1. The highest BCUT2D eigenvalue weighted by Gasteiger charge is 2.42. The third-order valence-corrected chi connectivity index (χ3v) is 5.96. The lowest BCUT2D eigenvalue weighted by Gasteiger charge is -2.38. The molecule has 3 rings (SSSR count). The molecular formula is C25H28ClN3O5. The number of carbonyl (C=O) groups is 3. The minimum atomic E-state index is -1.06. The van der Waals surface area contributed by atoms with Gasteiger partial charge in [0.15, 0.2) is 0 Å². The van der Waals surface area contributed by atoms with E-state index in [0.717, 1.165) is 0 Å². The zero-order chi connectivity index (χ0) is 24.7. The van der Waals surface area contributed by atoms with Crippen LogP contribution in [0.1, 0.15) is 31.4 Å². The molecule has 2 aromatic carbocycles. The van der Waals surface area contributed by atoms with Crippen LogP contribution in [0.5, 0.6) is 5.75 Å². The van der Waals surface area contributed by atoms with E-state index in [0.29, 0.717) is 29.3 Å². The lowest BCUT2D eigenvalue weighted by Crippen LogP contribution is -2.47. The Morgan fingerprint density at radius 1 is 1.18 bits per heavy atom. The maximum Gasteiger partial charge on any atom is 0.344 e. The predicted octanol–water partition coefficient (Wildman–Crippen LogP) is 4.30. The summed E-state index contributed by atoms with van der Waals surface area (Å²) in [5, 5.41) is 10.3. The SMILES string of the molecule is CC1=NC(=O)N(CCCN(C)C(=O)CCOc2ccccc2)C(c2cccc(Cl)c2)C1C(=O)O. The second kappa shape index (κ2) is 11.7. The largest absolute Gasteiger partial charge is 0.493 e. The first-order valence-corrected chi connectivity index (χ1v) is 11.4. The number of carboxylic acids is 1. The van der Waals surface area contributed by atoms with E-state index in [-0.39, 0.29) is 31.2 Å². The van der Waals surface area contributed by atoms with Gasteiger partial charge in [0.05, 0.1) is 19.1 Å². The molecule has 3 amide bonds. The molecule has 0 fully saturated rings. The molecule has 1 aliphatic rings. The number of carboxylic acid groups (broad SMARTS) is 1. The second-order valence-electron chi connectivity index (χ2n) is 8.13. The molecule has 9 heteroatoms. The van der Waals surface area contributed by atoms with Crippen molar-refractivity contribution in [3.63, 3.8) is 0 Å². The van der Waals surface area contributed by atoms with Crippen molar-refractivity contribution in [2.24, 2.45) is 10.9 Å². The number of hydrogen-bond acceptors (Lipinski definition) is 4. The summed E-state index contributed by atoms with van der Waals surface area (Å²) in [5.74, 6) is -1.41. The third kappa shape index (κ3) is 6.35. The van der Waals surface area contributed by atoms with Crippen molar-refractivity contribution < 1.29 is 24.2 Å². The van der Waals surface area contributed by atoms with Crippen LogP contribution in [0.2, 0.25) is 5.02 Å². The number of aliphatic imine (C=N–C) groups is 1. The van der Waals surface area contributed by atoms with Gasteiger partial charge in [-0.25, -0.2) is 9.79 Å². The van der Waals surface area contributed by atoms with Crippen LogP contribution in [-0.2, 0) is 9.59 Å². The highest BCUT2D eigenvalue weighted by atomic mass is 35.5. The van der Waals surface area contributed by atoms with Crippen LogP contribution in [0.25, 0.3) is 0 Å². The van der Waals surface area contributed by atoms with Crippen molar-refractivity contribution in [3.05, 3.63) is 65.2 Å².